The highest BCUT2D eigenvalue weighted by Gasteiger charge is 2.60. The fourth-order valence-electron chi connectivity index (χ4n) is 6.31. The summed E-state index contributed by atoms with van der Waals surface area (Å²) in [5.74, 6) is 1.87. The zero-order valence-electron chi connectivity index (χ0n) is 14.0. The molecule has 0 saturated heterocycles. The van der Waals surface area contributed by atoms with Crippen LogP contribution in [0.2, 0.25) is 0 Å². The Morgan fingerprint density at radius 2 is 1.90 bits per heavy atom. The van der Waals surface area contributed by atoms with Crippen LogP contribution in [0.15, 0.2) is 0 Å². The van der Waals surface area contributed by atoms with Crippen LogP contribution in [0.3, 0.4) is 0 Å². The van der Waals surface area contributed by atoms with Crippen LogP contribution in [0, 0.1) is 29.1 Å². The van der Waals surface area contributed by atoms with E-state index in [1.807, 2.05) is 0 Å². The van der Waals surface area contributed by atoms with E-state index in [9.17, 15) is 4.79 Å². The third-order valence-corrected chi connectivity index (χ3v) is 7.42. The van der Waals surface area contributed by atoms with E-state index in [-0.39, 0.29) is 17.3 Å². The van der Waals surface area contributed by atoms with E-state index in [0.29, 0.717) is 17.6 Å². The highest BCUT2D eigenvalue weighted by molar-refractivity contribution is 5.87. The van der Waals surface area contributed by atoms with Gasteiger partial charge < -0.3 is 0 Å². The molecular weight excluding hydrogens is 263 g/mol. The average Bonchev–Trinajstić information content (AvgIpc) is 2.76. The van der Waals surface area contributed by atoms with Gasteiger partial charge in [-0.25, -0.2) is 4.39 Å². The van der Waals surface area contributed by atoms with Crippen LogP contribution in [-0.4, -0.2) is 11.5 Å². The van der Waals surface area contributed by atoms with Crippen molar-refractivity contribution in [3.05, 3.63) is 0 Å². The highest BCUT2D eigenvalue weighted by Crippen LogP contribution is 2.62. The molecule has 6 atom stereocenters. The maximum absolute atomic E-state index is 16.0. The van der Waals surface area contributed by atoms with Crippen LogP contribution in [0.25, 0.3) is 0 Å². The Bertz CT molecular complexity index is 420. The molecule has 3 aliphatic rings. The van der Waals surface area contributed by atoms with E-state index in [1.165, 1.54) is 0 Å². The minimum atomic E-state index is -0.959. The van der Waals surface area contributed by atoms with Crippen LogP contribution >= 0.6 is 0 Å². The van der Waals surface area contributed by atoms with Crippen molar-refractivity contribution < 1.29 is 9.18 Å². The molecule has 0 aromatic heterocycles. The molecule has 0 spiro atoms. The summed E-state index contributed by atoms with van der Waals surface area (Å²) in [6, 6.07) is 0. The van der Waals surface area contributed by atoms with Gasteiger partial charge in [0.05, 0.1) is 0 Å². The lowest BCUT2D eigenvalue weighted by Crippen LogP contribution is -2.54. The maximum atomic E-state index is 16.0. The summed E-state index contributed by atoms with van der Waals surface area (Å²) in [7, 11) is 0. The summed E-state index contributed by atoms with van der Waals surface area (Å²) in [6.45, 7) is 6.44. The molecule has 2 heteroatoms. The number of ketones is 1. The second-order valence-electron chi connectivity index (χ2n) is 8.15. The molecule has 0 bridgehead atoms. The molecule has 120 valence electrons. The van der Waals surface area contributed by atoms with Crippen molar-refractivity contribution >= 4 is 5.78 Å². The minimum absolute atomic E-state index is 0.118. The van der Waals surface area contributed by atoms with Crippen molar-refractivity contribution in [2.75, 3.05) is 0 Å². The zero-order valence-corrected chi connectivity index (χ0v) is 14.0. The number of rotatable bonds is 3. The summed E-state index contributed by atoms with van der Waals surface area (Å²) in [4.78, 5) is 12.3. The standard InChI is InChI=1S/C19H31FO/c1-4-11-19(20)13(5-2)6-7-14-15-8-9-17(21)18(15,3)12-10-16(14)19/h13-16H,4-12H2,1-3H3/t13-,14-,15?,16?,18-,19+/m0/s1. The molecule has 0 heterocycles. The van der Waals surface area contributed by atoms with Crippen molar-refractivity contribution in [1.82, 2.24) is 0 Å². The van der Waals surface area contributed by atoms with Gasteiger partial charge in [-0.1, -0.05) is 33.6 Å². The molecule has 21 heavy (non-hydrogen) atoms. The largest absolute Gasteiger partial charge is 0.299 e. The van der Waals surface area contributed by atoms with Gasteiger partial charge in [0.1, 0.15) is 11.5 Å². The predicted octanol–water partition coefficient (Wildman–Crippen LogP) is 5.33. The molecular formula is C19H31FO. The molecule has 0 radical (unpaired) electrons. The number of hydrogen-bond acceptors (Lipinski definition) is 1. The van der Waals surface area contributed by atoms with Gasteiger partial charge in [0.25, 0.3) is 0 Å². The monoisotopic (exact) mass is 294 g/mol. The first-order valence-corrected chi connectivity index (χ1v) is 9.19. The molecule has 3 fully saturated rings. The summed E-state index contributed by atoms with van der Waals surface area (Å²) >= 11 is 0. The lowest BCUT2D eigenvalue weighted by Gasteiger charge is -2.55. The molecule has 1 nitrogen and oxygen atoms in total. The van der Waals surface area contributed by atoms with Crippen LogP contribution in [0.5, 0.6) is 0 Å². The van der Waals surface area contributed by atoms with Gasteiger partial charge >= 0.3 is 0 Å². The van der Waals surface area contributed by atoms with Crippen LogP contribution < -0.4 is 0 Å². The van der Waals surface area contributed by atoms with E-state index in [4.69, 9.17) is 0 Å². The smallest absolute Gasteiger partial charge is 0.139 e. The Labute approximate surface area is 129 Å². The highest BCUT2D eigenvalue weighted by atomic mass is 19.1. The lowest BCUT2D eigenvalue weighted by atomic mass is 9.50. The van der Waals surface area contributed by atoms with Gasteiger partial charge in [0.2, 0.25) is 0 Å². The minimum Gasteiger partial charge on any atom is -0.299 e. The Hall–Kier alpha value is -0.400. The number of alkyl halides is 1. The van der Waals surface area contributed by atoms with Crippen LogP contribution in [-0.2, 0) is 4.79 Å². The third-order valence-electron chi connectivity index (χ3n) is 7.42. The average molecular weight is 294 g/mol. The molecule has 3 saturated carbocycles. The number of hydrogen-bond donors (Lipinski definition) is 0. The number of fused-ring (bicyclic) bond motifs is 3. The topological polar surface area (TPSA) is 17.1 Å². The molecule has 3 rings (SSSR count). The summed E-state index contributed by atoms with van der Waals surface area (Å²) in [5, 5.41) is 0. The molecule has 0 aromatic rings. The zero-order chi connectivity index (χ0) is 15.3. The van der Waals surface area contributed by atoms with Crippen molar-refractivity contribution in [1.29, 1.82) is 0 Å². The molecule has 2 unspecified atom stereocenters. The Kier molecular flexibility index (Phi) is 3.95. The summed E-state index contributed by atoms with van der Waals surface area (Å²) < 4.78 is 16.0. The quantitative estimate of drug-likeness (QED) is 0.688. The predicted molar refractivity (Wildman–Crippen MR) is 83.8 cm³/mol. The third kappa shape index (κ3) is 2.11. The fraction of sp³-hybridized carbons (Fsp3) is 0.947. The van der Waals surface area contributed by atoms with Crippen molar-refractivity contribution in [2.45, 2.75) is 84.2 Å². The van der Waals surface area contributed by atoms with Crippen molar-refractivity contribution in [2.24, 2.45) is 29.1 Å². The lowest BCUT2D eigenvalue weighted by molar-refractivity contribution is -0.141. The first kappa shape index (κ1) is 15.5. The molecule has 0 N–H and O–H groups in total. The van der Waals surface area contributed by atoms with E-state index >= 15 is 4.39 Å². The van der Waals surface area contributed by atoms with Crippen LogP contribution in [0.4, 0.5) is 4.39 Å². The fourth-order valence-corrected chi connectivity index (χ4v) is 6.31. The van der Waals surface area contributed by atoms with Gasteiger partial charge in [0.15, 0.2) is 0 Å². The van der Waals surface area contributed by atoms with Crippen LogP contribution in [0.1, 0.15) is 78.6 Å². The number of Topliss-reactive ketones (excluding diaryl/α,β-unsaturated/α-hetero) is 1. The Balaban J connectivity index is 1.90. The second kappa shape index (κ2) is 5.35. The molecule has 3 aliphatic carbocycles. The van der Waals surface area contributed by atoms with Gasteiger partial charge in [-0.05, 0) is 62.2 Å². The SMILES string of the molecule is CCC[C@]1(F)C2CC[C@]3(C)C(=O)CCC3[C@@H]2CC[C@@H]1CC. The first-order valence-electron chi connectivity index (χ1n) is 9.19. The normalized spacial score (nSPS) is 49.8. The van der Waals surface area contributed by atoms with E-state index in [2.05, 4.69) is 20.8 Å². The molecule has 0 aliphatic heterocycles. The van der Waals surface area contributed by atoms with Crippen molar-refractivity contribution in [3.8, 4) is 0 Å². The molecule has 0 aromatic carbocycles. The second-order valence-corrected chi connectivity index (χ2v) is 8.15. The number of carbonyl (C=O) groups excluding carboxylic acids is 1. The molecule has 0 amide bonds. The van der Waals surface area contributed by atoms with E-state index in [0.717, 1.165) is 57.8 Å². The Morgan fingerprint density at radius 1 is 1.14 bits per heavy atom. The van der Waals surface area contributed by atoms with Gasteiger partial charge in [-0.2, -0.15) is 0 Å². The summed E-state index contributed by atoms with van der Waals surface area (Å²) in [5.41, 5.74) is -1.08. The van der Waals surface area contributed by atoms with Gasteiger partial charge in [-0.15, -0.1) is 0 Å². The van der Waals surface area contributed by atoms with E-state index in [1.54, 1.807) is 0 Å². The number of carbonyl (C=O) groups is 1. The maximum Gasteiger partial charge on any atom is 0.139 e. The van der Waals surface area contributed by atoms with Gasteiger partial charge in [0, 0.05) is 11.8 Å². The van der Waals surface area contributed by atoms with Gasteiger partial charge in [-0.3, -0.25) is 4.79 Å². The summed E-state index contributed by atoms with van der Waals surface area (Å²) in [6.07, 6.45) is 8.48. The first-order chi connectivity index (χ1) is 9.97. The number of halogens is 1. The van der Waals surface area contributed by atoms with Crippen molar-refractivity contribution in [3.63, 3.8) is 0 Å². The van der Waals surface area contributed by atoms with E-state index < -0.39 is 5.67 Å². The Morgan fingerprint density at radius 3 is 2.57 bits per heavy atom.